The van der Waals surface area contributed by atoms with E-state index >= 15 is 0 Å². The van der Waals surface area contributed by atoms with E-state index in [9.17, 15) is 4.79 Å². The van der Waals surface area contributed by atoms with Crippen molar-refractivity contribution >= 4 is 11.4 Å². The van der Waals surface area contributed by atoms with Gasteiger partial charge in [0, 0.05) is 42.6 Å². The van der Waals surface area contributed by atoms with Crippen LogP contribution in [0.4, 0.5) is 11.4 Å². The van der Waals surface area contributed by atoms with Crippen molar-refractivity contribution in [1.29, 1.82) is 0 Å². The van der Waals surface area contributed by atoms with Gasteiger partial charge in [-0.2, -0.15) is 9.78 Å². The Morgan fingerprint density at radius 1 is 1.13 bits per heavy atom. The summed E-state index contributed by atoms with van der Waals surface area (Å²) in [5.41, 5.74) is 2.73. The van der Waals surface area contributed by atoms with Crippen LogP contribution in [0.1, 0.15) is 13.8 Å². The van der Waals surface area contributed by atoms with Gasteiger partial charge >= 0.3 is 0 Å². The number of hydrogen-bond acceptors (Lipinski definition) is 7. The molecule has 162 valence electrons. The Labute approximate surface area is 181 Å². The van der Waals surface area contributed by atoms with E-state index in [1.807, 2.05) is 50.2 Å². The molecule has 0 aliphatic carbocycles. The lowest BCUT2D eigenvalue weighted by Crippen LogP contribution is -2.36. The van der Waals surface area contributed by atoms with Crippen LogP contribution < -0.4 is 20.5 Å². The van der Waals surface area contributed by atoms with Crippen LogP contribution in [0.2, 0.25) is 0 Å². The third-order valence-corrected chi connectivity index (χ3v) is 5.04. The number of benzene rings is 1. The predicted octanol–water partition coefficient (Wildman–Crippen LogP) is 2.96. The van der Waals surface area contributed by atoms with E-state index < -0.39 is 0 Å². The second-order valence-electron chi connectivity index (χ2n) is 7.66. The molecule has 1 fully saturated rings. The quantitative estimate of drug-likeness (QED) is 0.655. The fourth-order valence-electron chi connectivity index (χ4n) is 3.53. The van der Waals surface area contributed by atoms with Crippen LogP contribution in [0.25, 0.3) is 17.1 Å². The van der Waals surface area contributed by atoms with Crippen LogP contribution in [-0.4, -0.2) is 54.2 Å². The van der Waals surface area contributed by atoms with Crippen LogP contribution >= 0.6 is 0 Å². The number of anilines is 2. The van der Waals surface area contributed by atoms with Crippen molar-refractivity contribution < 1.29 is 9.47 Å². The Balaban J connectivity index is 1.82. The van der Waals surface area contributed by atoms with Crippen molar-refractivity contribution in [3.05, 3.63) is 59.0 Å². The molecule has 3 heterocycles. The molecule has 0 unspecified atom stereocenters. The first-order chi connectivity index (χ1) is 15.0. The SMILES string of the molecule is COc1cccc(-c2cc(NC(C)C)c(=O)n(-c3cc(N4CCOCC4)ccn3)n2)c1. The number of methoxy groups -OCH3 is 1. The summed E-state index contributed by atoms with van der Waals surface area (Å²) in [5.74, 6) is 1.20. The van der Waals surface area contributed by atoms with Crippen molar-refractivity contribution in [2.75, 3.05) is 43.6 Å². The van der Waals surface area contributed by atoms with Gasteiger partial charge in [0.15, 0.2) is 5.82 Å². The molecule has 1 N–H and O–H groups in total. The zero-order chi connectivity index (χ0) is 21.8. The minimum atomic E-state index is -0.244. The lowest BCUT2D eigenvalue weighted by Gasteiger charge is -2.28. The van der Waals surface area contributed by atoms with Crippen molar-refractivity contribution in [1.82, 2.24) is 14.8 Å². The molecular formula is C23H27N5O3. The third kappa shape index (κ3) is 4.69. The van der Waals surface area contributed by atoms with Crippen LogP contribution in [-0.2, 0) is 4.74 Å². The maximum absolute atomic E-state index is 13.2. The zero-order valence-electron chi connectivity index (χ0n) is 18.0. The maximum atomic E-state index is 13.2. The van der Waals surface area contributed by atoms with Gasteiger partial charge in [-0.1, -0.05) is 12.1 Å². The van der Waals surface area contributed by atoms with Gasteiger partial charge in [-0.15, -0.1) is 0 Å². The lowest BCUT2D eigenvalue weighted by molar-refractivity contribution is 0.122. The highest BCUT2D eigenvalue weighted by molar-refractivity contribution is 5.65. The third-order valence-electron chi connectivity index (χ3n) is 5.04. The Morgan fingerprint density at radius 2 is 1.94 bits per heavy atom. The van der Waals surface area contributed by atoms with E-state index in [1.165, 1.54) is 4.68 Å². The molecule has 1 aromatic carbocycles. The van der Waals surface area contributed by atoms with Crippen LogP contribution in [0.5, 0.6) is 5.75 Å². The highest BCUT2D eigenvalue weighted by atomic mass is 16.5. The summed E-state index contributed by atoms with van der Waals surface area (Å²) in [6.45, 7) is 6.96. The number of morpholine rings is 1. The second kappa shape index (κ2) is 9.18. The lowest BCUT2D eigenvalue weighted by atomic mass is 10.1. The van der Waals surface area contributed by atoms with Gasteiger partial charge in [-0.3, -0.25) is 4.79 Å². The van der Waals surface area contributed by atoms with Gasteiger partial charge in [0.25, 0.3) is 5.56 Å². The molecule has 3 aromatic rings. The molecule has 8 nitrogen and oxygen atoms in total. The molecule has 0 radical (unpaired) electrons. The second-order valence-corrected chi connectivity index (χ2v) is 7.66. The topological polar surface area (TPSA) is 81.5 Å². The summed E-state index contributed by atoms with van der Waals surface area (Å²) in [7, 11) is 1.63. The molecule has 1 aliphatic heterocycles. The van der Waals surface area contributed by atoms with E-state index in [-0.39, 0.29) is 11.6 Å². The first kappa shape index (κ1) is 20.9. The molecule has 1 aliphatic rings. The van der Waals surface area contributed by atoms with E-state index in [1.54, 1.807) is 19.4 Å². The monoisotopic (exact) mass is 421 g/mol. The highest BCUT2D eigenvalue weighted by Crippen LogP contribution is 2.24. The summed E-state index contributed by atoms with van der Waals surface area (Å²) < 4.78 is 12.2. The Bertz CT molecular complexity index is 1110. The van der Waals surface area contributed by atoms with E-state index in [0.717, 1.165) is 30.1 Å². The van der Waals surface area contributed by atoms with Gasteiger partial charge in [-0.05, 0) is 38.1 Å². The highest BCUT2D eigenvalue weighted by Gasteiger charge is 2.16. The van der Waals surface area contributed by atoms with Crippen LogP contribution in [0.15, 0.2) is 53.5 Å². The minimum Gasteiger partial charge on any atom is -0.497 e. The maximum Gasteiger partial charge on any atom is 0.296 e. The van der Waals surface area contributed by atoms with E-state index in [4.69, 9.17) is 9.47 Å². The van der Waals surface area contributed by atoms with Crippen molar-refractivity contribution in [3.8, 4) is 22.8 Å². The first-order valence-electron chi connectivity index (χ1n) is 10.4. The average molecular weight is 422 g/mol. The van der Waals surface area contributed by atoms with Crippen LogP contribution in [0.3, 0.4) is 0 Å². The molecule has 0 amide bonds. The number of rotatable bonds is 6. The molecular weight excluding hydrogens is 394 g/mol. The van der Waals surface area contributed by atoms with Crippen molar-refractivity contribution in [2.24, 2.45) is 0 Å². The largest absolute Gasteiger partial charge is 0.497 e. The number of aromatic nitrogens is 3. The Morgan fingerprint density at radius 3 is 2.68 bits per heavy atom. The smallest absolute Gasteiger partial charge is 0.296 e. The zero-order valence-corrected chi connectivity index (χ0v) is 18.0. The normalized spacial score (nSPS) is 14.0. The molecule has 0 saturated carbocycles. The summed E-state index contributed by atoms with van der Waals surface area (Å²) >= 11 is 0. The summed E-state index contributed by atoms with van der Waals surface area (Å²) in [6, 6.07) is 13.3. The number of ether oxygens (including phenoxy) is 2. The molecule has 31 heavy (non-hydrogen) atoms. The summed E-state index contributed by atoms with van der Waals surface area (Å²) in [6.07, 6.45) is 1.71. The van der Waals surface area contributed by atoms with Gasteiger partial charge < -0.3 is 19.7 Å². The summed E-state index contributed by atoms with van der Waals surface area (Å²) in [5, 5.41) is 7.89. The van der Waals surface area contributed by atoms with Gasteiger partial charge in [0.1, 0.15) is 11.4 Å². The molecule has 0 atom stereocenters. The molecule has 0 bridgehead atoms. The van der Waals surface area contributed by atoms with Crippen LogP contribution in [0, 0.1) is 0 Å². The molecule has 0 spiro atoms. The fourth-order valence-corrected chi connectivity index (χ4v) is 3.53. The van der Waals surface area contributed by atoms with Gasteiger partial charge in [0.2, 0.25) is 0 Å². The number of nitrogens with zero attached hydrogens (tertiary/aromatic N) is 4. The van der Waals surface area contributed by atoms with Crippen molar-refractivity contribution in [3.63, 3.8) is 0 Å². The molecule has 8 heteroatoms. The number of pyridine rings is 1. The predicted molar refractivity (Wildman–Crippen MR) is 121 cm³/mol. The average Bonchev–Trinajstić information content (AvgIpc) is 2.81. The molecule has 2 aromatic heterocycles. The van der Waals surface area contributed by atoms with Gasteiger partial charge in [-0.25, -0.2) is 4.98 Å². The van der Waals surface area contributed by atoms with E-state index in [0.29, 0.717) is 30.4 Å². The number of hydrogen-bond donors (Lipinski definition) is 1. The Kier molecular flexibility index (Phi) is 6.18. The molecule has 4 rings (SSSR count). The van der Waals surface area contributed by atoms with Crippen molar-refractivity contribution in [2.45, 2.75) is 19.9 Å². The fraction of sp³-hybridized carbons (Fsp3) is 0.348. The minimum absolute atomic E-state index is 0.0920. The summed E-state index contributed by atoms with van der Waals surface area (Å²) in [4.78, 5) is 19.9. The van der Waals surface area contributed by atoms with Gasteiger partial charge in [0.05, 0.1) is 26.0 Å². The Hall–Kier alpha value is -3.39. The molecule has 1 saturated heterocycles. The number of nitrogens with one attached hydrogen (secondary N) is 1. The standard InChI is InChI=1S/C23H27N5O3/c1-16(2)25-21-15-20(17-5-4-6-19(13-17)30-3)26-28(23(21)29)22-14-18(7-8-24-22)27-9-11-31-12-10-27/h4-8,13-16,25H,9-12H2,1-3H3. The van der Waals surface area contributed by atoms with E-state index in [2.05, 4.69) is 20.3 Å². The first-order valence-corrected chi connectivity index (χ1v) is 10.4.